The minimum absolute atomic E-state index is 0.00219. The molecule has 0 unspecified atom stereocenters. The third-order valence-corrected chi connectivity index (χ3v) is 6.04. The number of benzene rings is 1. The number of aliphatic imine (C=N–C) groups is 1. The molecule has 1 aromatic heterocycles. The Morgan fingerprint density at radius 2 is 1.82 bits per heavy atom. The fourth-order valence-corrected chi connectivity index (χ4v) is 3.87. The minimum Gasteiger partial charge on any atom is -0.266 e. The van der Waals surface area contributed by atoms with E-state index in [1.54, 1.807) is 6.92 Å². The molecular weight excluding hydrogens is 411 g/mol. The van der Waals surface area contributed by atoms with Gasteiger partial charge >= 0.3 is 0 Å². The minimum atomic E-state index is -0.731. The van der Waals surface area contributed by atoms with Gasteiger partial charge in [0, 0.05) is 0 Å². The first-order valence-electron chi connectivity index (χ1n) is 5.64. The maximum atomic E-state index is 13.9. The van der Waals surface area contributed by atoms with Crippen LogP contribution in [0, 0.1) is 12.7 Å². The largest absolute Gasteiger partial charge is 0.289 e. The number of thiophene rings is 1. The van der Waals surface area contributed by atoms with Gasteiger partial charge in [0.15, 0.2) is 0 Å². The van der Waals surface area contributed by atoms with Gasteiger partial charge in [-0.05, 0) is 18.6 Å². The van der Waals surface area contributed by atoms with Crippen molar-refractivity contribution in [1.29, 1.82) is 0 Å². The van der Waals surface area contributed by atoms with E-state index >= 15 is 0 Å². The lowest BCUT2D eigenvalue weighted by atomic mass is 10.1. The molecule has 0 fully saturated rings. The van der Waals surface area contributed by atoms with Crippen LogP contribution in [0.2, 0.25) is 19.4 Å². The average Bonchev–Trinajstić information content (AvgIpc) is 2.71. The molecule has 0 spiro atoms. The Bertz CT molecular complexity index is 804. The Morgan fingerprint density at radius 3 is 2.36 bits per heavy atom. The summed E-state index contributed by atoms with van der Waals surface area (Å²) in [6.07, 6.45) is 0. The summed E-state index contributed by atoms with van der Waals surface area (Å²) >= 11 is 28.5. The SMILES string of the molecule is Cc1ccc(F)c(C(S)=NC(=O)c2sc(Cl)c(Cl)c2Cl)c1Cl. The van der Waals surface area contributed by atoms with E-state index < -0.39 is 11.7 Å². The van der Waals surface area contributed by atoms with Gasteiger partial charge in [-0.1, -0.05) is 52.5 Å². The van der Waals surface area contributed by atoms with E-state index in [0.717, 1.165) is 11.3 Å². The molecule has 0 saturated carbocycles. The number of thiol groups is 1. The molecule has 0 radical (unpaired) electrons. The molecule has 116 valence electrons. The van der Waals surface area contributed by atoms with Crippen molar-refractivity contribution in [2.75, 3.05) is 0 Å². The van der Waals surface area contributed by atoms with Crippen LogP contribution in [-0.4, -0.2) is 11.0 Å². The van der Waals surface area contributed by atoms with Crippen LogP contribution in [0.15, 0.2) is 17.1 Å². The average molecular weight is 417 g/mol. The molecule has 2 rings (SSSR count). The smallest absolute Gasteiger partial charge is 0.266 e. The van der Waals surface area contributed by atoms with Gasteiger partial charge in [-0.15, -0.1) is 24.0 Å². The topological polar surface area (TPSA) is 29.4 Å². The van der Waals surface area contributed by atoms with Gasteiger partial charge in [-0.2, -0.15) is 0 Å². The number of rotatable bonds is 2. The highest BCUT2D eigenvalue weighted by atomic mass is 35.5. The van der Waals surface area contributed by atoms with Crippen molar-refractivity contribution >= 4 is 81.3 Å². The third-order valence-electron chi connectivity index (χ3n) is 2.67. The molecule has 0 saturated heterocycles. The molecule has 1 heterocycles. The Hall–Kier alpha value is -0.300. The molecule has 0 atom stereocenters. The molecule has 0 aliphatic heterocycles. The number of amides is 1. The van der Waals surface area contributed by atoms with E-state index in [0.29, 0.717) is 5.56 Å². The van der Waals surface area contributed by atoms with Crippen molar-refractivity contribution in [3.8, 4) is 0 Å². The van der Waals surface area contributed by atoms with Crippen LogP contribution in [0.1, 0.15) is 20.8 Å². The number of carbonyl (C=O) groups is 1. The highest BCUT2D eigenvalue weighted by molar-refractivity contribution is 7.97. The van der Waals surface area contributed by atoms with Crippen molar-refractivity contribution < 1.29 is 9.18 Å². The first kappa shape index (κ1) is 18.0. The van der Waals surface area contributed by atoms with Crippen LogP contribution in [0.5, 0.6) is 0 Å². The number of hydrogen-bond donors (Lipinski definition) is 1. The second kappa shape index (κ2) is 7.07. The second-order valence-corrected chi connectivity index (χ2v) is 7.31. The maximum Gasteiger partial charge on any atom is 0.289 e. The summed E-state index contributed by atoms with van der Waals surface area (Å²) in [5, 5.41) is 0.0533. The zero-order valence-electron chi connectivity index (χ0n) is 10.8. The van der Waals surface area contributed by atoms with Crippen molar-refractivity contribution in [1.82, 2.24) is 0 Å². The summed E-state index contributed by atoms with van der Waals surface area (Å²) in [6, 6.07) is 2.73. The van der Waals surface area contributed by atoms with E-state index in [2.05, 4.69) is 17.6 Å². The van der Waals surface area contributed by atoms with Crippen LogP contribution in [0.4, 0.5) is 4.39 Å². The third kappa shape index (κ3) is 3.45. The molecule has 0 N–H and O–H groups in total. The number of hydrogen-bond acceptors (Lipinski definition) is 2. The lowest BCUT2D eigenvalue weighted by molar-refractivity contribution is 0.101. The summed E-state index contributed by atoms with van der Waals surface area (Å²) in [4.78, 5) is 15.9. The predicted molar refractivity (Wildman–Crippen MR) is 95.3 cm³/mol. The molecular formula is C13H6Cl4FNOS2. The zero-order valence-corrected chi connectivity index (χ0v) is 15.5. The lowest BCUT2D eigenvalue weighted by Crippen LogP contribution is -2.03. The standard InChI is InChI=1S/C13H6Cl4FNOS2/c1-4-2-3-5(18)6(7(4)14)13(21)19-12(20)10-8(15)9(16)11(17)22-10/h2-3H,1H3,(H,19,20,21). The molecule has 2 aromatic rings. The Balaban J connectivity index is 2.47. The Labute approximate surface area is 155 Å². The Morgan fingerprint density at radius 1 is 1.18 bits per heavy atom. The quantitative estimate of drug-likeness (QED) is 0.346. The van der Waals surface area contributed by atoms with Crippen LogP contribution < -0.4 is 0 Å². The summed E-state index contributed by atoms with van der Waals surface area (Å²) in [5.74, 6) is -1.36. The van der Waals surface area contributed by atoms with E-state index in [1.807, 2.05) is 0 Å². The van der Waals surface area contributed by atoms with Gasteiger partial charge in [0.2, 0.25) is 0 Å². The van der Waals surface area contributed by atoms with Gasteiger partial charge in [-0.25, -0.2) is 9.38 Å². The van der Waals surface area contributed by atoms with Crippen molar-refractivity contribution in [3.63, 3.8) is 0 Å². The Kier molecular flexibility index (Phi) is 5.80. The zero-order chi connectivity index (χ0) is 16.6. The summed E-state index contributed by atoms with van der Waals surface area (Å²) < 4.78 is 14.1. The highest BCUT2D eigenvalue weighted by Gasteiger charge is 2.21. The van der Waals surface area contributed by atoms with Crippen LogP contribution in [0.3, 0.4) is 0 Å². The number of halogens is 5. The van der Waals surface area contributed by atoms with E-state index in [9.17, 15) is 9.18 Å². The second-order valence-electron chi connectivity index (χ2n) is 4.13. The predicted octanol–water partition coefficient (Wildman–Crippen LogP) is 6.33. The monoisotopic (exact) mass is 415 g/mol. The fraction of sp³-hybridized carbons (Fsp3) is 0.0769. The summed E-state index contributed by atoms with van der Waals surface area (Å²) in [6.45, 7) is 1.70. The van der Waals surface area contributed by atoms with Gasteiger partial charge < -0.3 is 0 Å². The van der Waals surface area contributed by atoms with E-state index in [4.69, 9.17) is 46.4 Å². The van der Waals surface area contributed by atoms with Crippen molar-refractivity contribution in [3.05, 3.63) is 53.4 Å². The van der Waals surface area contributed by atoms with E-state index in [-0.39, 0.29) is 34.9 Å². The van der Waals surface area contributed by atoms with Crippen LogP contribution in [0.25, 0.3) is 0 Å². The molecule has 0 aliphatic rings. The number of carbonyl (C=O) groups excluding carboxylic acids is 1. The molecule has 22 heavy (non-hydrogen) atoms. The molecule has 0 bridgehead atoms. The summed E-state index contributed by atoms with van der Waals surface area (Å²) in [7, 11) is 0. The first-order valence-corrected chi connectivity index (χ1v) is 8.41. The van der Waals surface area contributed by atoms with Gasteiger partial charge in [0.1, 0.15) is 20.1 Å². The normalized spacial score (nSPS) is 11.9. The molecule has 1 amide bonds. The van der Waals surface area contributed by atoms with Crippen LogP contribution >= 0.6 is 70.4 Å². The first-order chi connectivity index (χ1) is 10.2. The number of aryl methyl sites for hydroxylation is 1. The van der Waals surface area contributed by atoms with Gasteiger partial charge in [0.05, 0.1) is 20.6 Å². The molecule has 9 heteroatoms. The van der Waals surface area contributed by atoms with Crippen molar-refractivity contribution in [2.45, 2.75) is 6.92 Å². The summed E-state index contributed by atoms with van der Waals surface area (Å²) in [5.41, 5.74) is 0.579. The maximum absolute atomic E-state index is 13.9. The highest BCUT2D eigenvalue weighted by Crippen LogP contribution is 2.40. The van der Waals surface area contributed by atoms with Crippen LogP contribution in [-0.2, 0) is 0 Å². The fourth-order valence-electron chi connectivity index (χ4n) is 1.57. The van der Waals surface area contributed by atoms with E-state index in [1.165, 1.54) is 12.1 Å². The lowest BCUT2D eigenvalue weighted by Gasteiger charge is -2.07. The molecule has 1 aromatic carbocycles. The van der Waals surface area contributed by atoms with Gasteiger partial charge in [0.25, 0.3) is 5.91 Å². The van der Waals surface area contributed by atoms with Crippen molar-refractivity contribution in [2.24, 2.45) is 4.99 Å². The van der Waals surface area contributed by atoms with Gasteiger partial charge in [-0.3, -0.25) is 4.79 Å². The molecule has 2 nitrogen and oxygen atoms in total. The molecule has 0 aliphatic carbocycles. The number of nitrogens with zero attached hydrogens (tertiary/aromatic N) is 1.